The Kier molecular flexibility index (Phi) is 3.07. The van der Waals surface area contributed by atoms with Gasteiger partial charge in [0.25, 0.3) is 0 Å². The lowest BCUT2D eigenvalue weighted by atomic mass is 10.2. The van der Waals surface area contributed by atoms with Gasteiger partial charge in [0.1, 0.15) is 17.5 Å². The summed E-state index contributed by atoms with van der Waals surface area (Å²) in [5.41, 5.74) is -1.11. The van der Waals surface area contributed by atoms with Gasteiger partial charge in [-0.2, -0.15) is 18.4 Å². The number of alkyl halides is 3. The first kappa shape index (κ1) is 10.5. The Morgan fingerprint density at radius 1 is 1.43 bits per heavy atom. The van der Waals surface area contributed by atoms with E-state index in [9.17, 15) is 13.2 Å². The minimum Gasteiger partial charge on any atom is -0.237 e. The Hall–Kier alpha value is -1.57. The zero-order valence-corrected chi connectivity index (χ0v) is 7.17. The van der Waals surface area contributed by atoms with E-state index in [1.54, 1.807) is 12.1 Å². The van der Waals surface area contributed by atoms with Crippen molar-refractivity contribution in [2.45, 2.75) is 19.0 Å². The monoisotopic (exact) mass is 200 g/mol. The van der Waals surface area contributed by atoms with Gasteiger partial charge in [-0.25, -0.2) is 4.99 Å². The molecule has 0 unspecified atom stereocenters. The van der Waals surface area contributed by atoms with E-state index in [1.165, 1.54) is 6.08 Å². The third-order valence-corrected chi connectivity index (χ3v) is 1.61. The van der Waals surface area contributed by atoms with Crippen LogP contribution >= 0.6 is 0 Å². The molecule has 1 rings (SSSR count). The molecule has 1 aliphatic heterocycles. The molecule has 0 spiro atoms. The second-order valence-electron chi connectivity index (χ2n) is 2.69. The molecule has 5 heteroatoms. The van der Waals surface area contributed by atoms with E-state index in [0.29, 0.717) is 6.42 Å². The van der Waals surface area contributed by atoms with Gasteiger partial charge in [-0.05, 0) is 12.5 Å². The lowest BCUT2D eigenvalue weighted by Gasteiger charge is -2.07. The summed E-state index contributed by atoms with van der Waals surface area (Å²) >= 11 is 0. The zero-order chi connectivity index (χ0) is 10.6. The fourth-order valence-corrected chi connectivity index (χ4v) is 0.953. The van der Waals surface area contributed by atoms with Gasteiger partial charge >= 0.3 is 6.18 Å². The third-order valence-electron chi connectivity index (χ3n) is 1.61. The van der Waals surface area contributed by atoms with Crippen LogP contribution in [0.3, 0.4) is 0 Å². The molecule has 0 aromatic heterocycles. The SMILES string of the molecule is N#C/C1=N/C(C(F)(F)F)=C\C=C/CC1. The largest absolute Gasteiger partial charge is 0.433 e. The molecule has 2 nitrogen and oxygen atoms in total. The van der Waals surface area contributed by atoms with Crippen molar-refractivity contribution in [3.63, 3.8) is 0 Å². The highest BCUT2D eigenvalue weighted by molar-refractivity contribution is 5.99. The molecular formula is C9H7F3N2. The van der Waals surface area contributed by atoms with Crippen molar-refractivity contribution >= 4 is 5.71 Å². The summed E-state index contributed by atoms with van der Waals surface area (Å²) in [5.74, 6) is 0. The Labute approximate surface area is 79.1 Å². The van der Waals surface area contributed by atoms with Crippen LogP contribution in [0.1, 0.15) is 12.8 Å². The first-order chi connectivity index (χ1) is 6.54. The summed E-state index contributed by atoms with van der Waals surface area (Å²) in [7, 11) is 0. The van der Waals surface area contributed by atoms with Crippen molar-refractivity contribution in [2.24, 2.45) is 4.99 Å². The number of allylic oxidation sites excluding steroid dienone is 4. The van der Waals surface area contributed by atoms with Crippen molar-refractivity contribution in [1.82, 2.24) is 0 Å². The standard InChI is InChI=1S/C9H7F3N2/c10-9(11,12)8-5-3-1-2-4-7(6-13)14-8/h1,3,5H,2,4H2/b3-1-,8-5-,14-7+. The van der Waals surface area contributed by atoms with E-state index in [1.807, 2.05) is 0 Å². The quantitative estimate of drug-likeness (QED) is 0.592. The minimum absolute atomic E-state index is 0.0853. The maximum absolute atomic E-state index is 12.2. The minimum atomic E-state index is -4.50. The Bertz CT molecular complexity index is 342. The van der Waals surface area contributed by atoms with Crippen molar-refractivity contribution in [1.29, 1.82) is 5.26 Å². The van der Waals surface area contributed by atoms with Crippen LogP contribution < -0.4 is 0 Å². The summed E-state index contributed by atoms with van der Waals surface area (Å²) < 4.78 is 36.7. The Balaban J connectivity index is 3.06. The average Bonchev–Trinajstić information content (AvgIpc) is 2.01. The van der Waals surface area contributed by atoms with E-state index >= 15 is 0 Å². The molecule has 0 aromatic carbocycles. The highest BCUT2D eigenvalue weighted by atomic mass is 19.4. The number of rotatable bonds is 0. The van der Waals surface area contributed by atoms with E-state index < -0.39 is 11.9 Å². The maximum Gasteiger partial charge on any atom is 0.433 e. The molecule has 0 amide bonds. The van der Waals surface area contributed by atoms with Crippen LogP contribution in [0.4, 0.5) is 13.2 Å². The molecule has 0 fully saturated rings. The fraction of sp³-hybridized carbons (Fsp3) is 0.333. The number of aliphatic imine (C=N–C) groups is 1. The van der Waals surface area contributed by atoms with Crippen LogP contribution in [-0.2, 0) is 0 Å². The lowest BCUT2D eigenvalue weighted by molar-refractivity contribution is -0.0923. The Morgan fingerprint density at radius 2 is 2.14 bits per heavy atom. The van der Waals surface area contributed by atoms with Crippen LogP contribution in [0.15, 0.2) is 28.9 Å². The van der Waals surface area contributed by atoms with E-state index in [2.05, 4.69) is 4.99 Å². The summed E-state index contributed by atoms with van der Waals surface area (Å²) in [6.07, 6.45) is 0.0486. The smallest absolute Gasteiger partial charge is 0.237 e. The predicted octanol–water partition coefficient (Wildman–Crippen LogP) is 2.75. The number of nitrogens with zero attached hydrogens (tertiary/aromatic N) is 2. The van der Waals surface area contributed by atoms with Gasteiger partial charge in [-0.3, -0.25) is 0 Å². The second-order valence-corrected chi connectivity index (χ2v) is 2.69. The van der Waals surface area contributed by atoms with E-state index in [-0.39, 0.29) is 12.1 Å². The van der Waals surface area contributed by atoms with Crippen molar-refractivity contribution in [2.75, 3.05) is 0 Å². The van der Waals surface area contributed by atoms with Gasteiger partial charge in [0.05, 0.1) is 0 Å². The molecule has 74 valence electrons. The molecular weight excluding hydrogens is 193 g/mol. The highest BCUT2D eigenvalue weighted by Crippen LogP contribution is 2.27. The second kappa shape index (κ2) is 4.09. The van der Waals surface area contributed by atoms with Crippen molar-refractivity contribution < 1.29 is 13.2 Å². The molecule has 0 atom stereocenters. The van der Waals surface area contributed by atoms with Crippen LogP contribution in [0.25, 0.3) is 0 Å². The molecule has 1 heterocycles. The first-order valence-corrected chi connectivity index (χ1v) is 3.95. The Morgan fingerprint density at radius 3 is 2.71 bits per heavy atom. The summed E-state index contributed by atoms with van der Waals surface area (Å²) in [6, 6.07) is 1.65. The fourth-order valence-electron chi connectivity index (χ4n) is 0.953. The summed E-state index contributed by atoms with van der Waals surface area (Å²) in [4.78, 5) is 3.27. The van der Waals surface area contributed by atoms with Crippen LogP contribution in [0.5, 0.6) is 0 Å². The van der Waals surface area contributed by atoms with Crippen molar-refractivity contribution in [3.8, 4) is 6.07 Å². The average molecular weight is 200 g/mol. The molecule has 1 aliphatic rings. The van der Waals surface area contributed by atoms with Crippen molar-refractivity contribution in [3.05, 3.63) is 23.9 Å². The molecule has 0 bridgehead atoms. The molecule has 0 N–H and O–H groups in total. The van der Waals surface area contributed by atoms with E-state index in [4.69, 9.17) is 5.26 Å². The first-order valence-electron chi connectivity index (χ1n) is 3.95. The number of nitriles is 1. The summed E-state index contributed by atoms with van der Waals surface area (Å²) in [6.45, 7) is 0. The summed E-state index contributed by atoms with van der Waals surface area (Å²) in [5, 5.41) is 8.49. The molecule has 0 aromatic rings. The molecule has 0 aliphatic carbocycles. The normalized spacial score (nSPS) is 27.3. The van der Waals surface area contributed by atoms with Gasteiger partial charge in [0, 0.05) is 6.42 Å². The van der Waals surface area contributed by atoms with Crippen LogP contribution in [0.2, 0.25) is 0 Å². The number of hydrogen-bond acceptors (Lipinski definition) is 2. The topological polar surface area (TPSA) is 36.1 Å². The van der Waals surface area contributed by atoms with E-state index in [0.717, 1.165) is 6.08 Å². The molecule has 0 saturated heterocycles. The van der Waals surface area contributed by atoms with Crippen LogP contribution in [0, 0.1) is 11.3 Å². The number of halogens is 3. The van der Waals surface area contributed by atoms with Crippen LogP contribution in [-0.4, -0.2) is 11.9 Å². The molecule has 0 radical (unpaired) electrons. The molecule has 14 heavy (non-hydrogen) atoms. The lowest BCUT2D eigenvalue weighted by Crippen LogP contribution is -2.12. The number of hydrogen-bond donors (Lipinski definition) is 0. The van der Waals surface area contributed by atoms with Gasteiger partial charge in [0.15, 0.2) is 0 Å². The van der Waals surface area contributed by atoms with Gasteiger partial charge < -0.3 is 0 Å². The predicted molar refractivity (Wildman–Crippen MR) is 45.6 cm³/mol. The maximum atomic E-state index is 12.2. The molecule has 0 saturated carbocycles. The highest BCUT2D eigenvalue weighted by Gasteiger charge is 2.33. The van der Waals surface area contributed by atoms with Gasteiger partial charge in [0.2, 0.25) is 0 Å². The van der Waals surface area contributed by atoms with Gasteiger partial charge in [-0.1, -0.05) is 12.2 Å². The zero-order valence-electron chi connectivity index (χ0n) is 7.17. The third kappa shape index (κ3) is 2.73. The van der Waals surface area contributed by atoms with Gasteiger partial charge in [-0.15, -0.1) is 0 Å².